The molecule has 0 aliphatic heterocycles. The van der Waals surface area contributed by atoms with Crippen molar-refractivity contribution in [2.45, 2.75) is 41.0 Å². The highest BCUT2D eigenvalue weighted by molar-refractivity contribution is 5.65. The van der Waals surface area contributed by atoms with Gasteiger partial charge in [-0.2, -0.15) is 0 Å². The first kappa shape index (κ1) is 20.8. The summed E-state index contributed by atoms with van der Waals surface area (Å²) >= 11 is 0. The van der Waals surface area contributed by atoms with Crippen molar-refractivity contribution in [2.24, 2.45) is 0 Å². The van der Waals surface area contributed by atoms with E-state index in [1.54, 1.807) is 12.3 Å². The molecule has 0 amide bonds. The Morgan fingerprint density at radius 1 is 1.35 bits per heavy atom. The number of pyridine rings is 1. The zero-order valence-electron chi connectivity index (χ0n) is 11.9. The molecule has 0 radical (unpaired) electrons. The quantitative estimate of drug-likeness (QED) is 0.709. The third-order valence-corrected chi connectivity index (χ3v) is 0.975. The monoisotopic (exact) mass is 242 g/mol. The molecule has 4 nitrogen and oxygen atoms in total. The Morgan fingerprint density at radius 2 is 1.76 bits per heavy atom. The zero-order valence-corrected chi connectivity index (χ0v) is 11.9. The van der Waals surface area contributed by atoms with Crippen LogP contribution in [0, 0.1) is 0 Å². The number of methoxy groups -OCH3 is 1. The predicted octanol–water partition coefficient (Wildman–Crippen LogP) is 3.29. The van der Waals surface area contributed by atoms with E-state index in [0.29, 0.717) is 5.82 Å². The average molecular weight is 242 g/mol. The zero-order chi connectivity index (χ0) is 14.1. The maximum atomic E-state index is 9.59. The normalized spacial score (nSPS) is 6.94. The Morgan fingerprint density at radius 3 is 1.88 bits per heavy atom. The Labute approximate surface area is 105 Å². The van der Waals surface area contributed by atoms with Crippen molar-refractivity contribution in [3.05, 3.63) is 24.4 Å². The van der Waals surface area contributed by atoms with Gasteiger partial charge in [0, 0.05) is 13.1 Å². The van der Waals surface area contributed by atoms with Crippen molar-refractivity contribution in [1.82, 2.24) is 4.98 Å². The third kappa shape index (κ3) is 31.4. The Bertz CT molecular complexity index is 238. The average Bonchev–Trinajstić information content (AvgIpc) is 2.34. The maximum absolute atomic E-state index is 9.59. The van der Waals surface area contributed by atoms with Crippen LogP contribution in [0.25, 0.3) is 0 Å². The molecule has 0 atom stereocenters. The highest BCUT2D eigenvalue weighted by atomic mass is 16.5. The molecule has 1 heterocycles. The van der Waals surface area contributed by atoms with Crippen LogP contribution in [0.15, 0.2) is 24.4 Å². The highest BCUT2D eigenvalue weighted by Gasteiger charge is 1.75. The number of nitrogens with two attached hydrogens (primary N) is 1. The molecule has 100 valence electrons. The topological polar surface area (TPSA) is 65.2 Å². The molecule has 1 aromatic heterocycles. The van der Waals surface area contributed by atoms with Crippen molar-refractivity contribution >= 4 is 11.8 Å². The van der Waals surface area contributed by atoms with Gasteiger partial charge in [0.05, 0.1) is 7.11 Å². The molecular formula is C13H26N2O2. The second-order valence-electron chi connectivity index (χ2n) is 2.66. The minimum atomic E-state index is -0.245. The summed E-state index contributed by atoms with van der Waals surface area (Å²) in [6.07, 6.45) is 2.91. The first-order valence-electron chi connectivity index (χ1n) is 5.79. The fourth-order valence-corrected chi connectivity index (χ4v) is 0.376. The molecule has 17 heavy (non-hydrogen) atoms. The van der Waals surface area contributed by atoms with Gasteiger partial charge in [-0.15, -0.1) is 0 Å². The van der Waals surface area contributed by atoms with Crippen molar-refractivity contribution in [1.29, 1.82) is 0 Å². The second-order valence-corrected chi connectivity index (χ2v) is 2.66. The minimum absolute atomic E-state index is 0.245. The summed E-state index contributed by atoms with van der Waals surface area (Å²) in [6, 6.07) is 5.43. The third-order valence-electron chi connectivity index (χ3n) is 0.975. The van der Waals surface area contributed by atoms with E-state index >= 15 is 0 Å². The molecule has 0 unspecified atom stereocenters. The predicted molar refractivity (Wildman–Crippen MR) is 73.7 cm³/mol. The molecule has 0 aliphatic rings. The van der Waals surface area contributed by atoms with Gasteiger partial charge in [0.1, 0.15) is 5.82 Å². The lowest BCUT2D eigenvalue weighted by atomic mass is 10.5. The number of hydrogen-bond acceptors (Lipinski definition) is 4. The van der Waals surface area contributed by atoms with Crippen molar-refractivity contribution in [3.8, 4) is 0 Å². The fourth-order valence-electron chi connectivity index (χ4n) is 0.376. The van der Waals surface area contributed by atoms with Crippen LogP contribution < -0.4 is 5.73 Å². The van der Waals surface area contributed by atoms with E-state index in [-0.39, 0.29) is 5.97 Å². The summed E-state index contributed by atoms with van der Waals surface area (Å²) in [7, 11) is 1.35. The van der Waals surface area contributed by atoms with Crippen LogP contribution in [0.3, 0.4) is 0 Å². The number of carbonyl (C=O) groups is 1. The number of esters is 1. The lowest BCUT2D eigenvalue weighted by molar-refractivity contribution is -0.137. The van der Waals surface area contributed by atoms with Crippen molar-refractivity contribution in [2.75, 3.05) is 12.8 Å². The van der Waals surface area contributed by atoms with Crippen LogP contribution in [0.4, 0.5) is 5.82 Å². The molecule has 0 bridgehead atoms. The summed E-state index contributed by atoms with van der Waals surface area (Å²) in [5, 5.41) is 0. The van der Waals surface area contributed by atoms with Gasteiger partial charge in [-0.3, -0.25) is 4.79 Å². The number of nitrogens with zero attached hydrogens (tertiary/aromatic N) is 1. The number of anilines is 1. The highest BCUT2D eigenvalue weighted by Crippen LogP contribution is 1.89. The summed E-state index contributed by atoms with van der Waals surface area (Å²) in [5.41, 5.74) is 5.25. The van der Waals surface area contributed by atoms with Crippen LogP contribution in [0.2, 0.25) is 0 Å². The summed E-state index contributed by atoms with van der Waals surface area (Å²) in [5.74, 6) is 0.326. The maximum Gasteiger partial charge on any atom is 0.302 e. The van der Waals surface area contributed by atoms with E-state index in [0.717, 1.165) is 0 Å². The molecule has 1 aromatic rings. The molecule has 0 fully saturated rings. The van der Waals surface area contributed by atoms with Crippen molar-refractivity contribution < 1.29 is 9.53 Å². The van der Waals surface area contributed by atoms with Crippen LogP contribution in [0.5, 0.6) is 0 Å². The largest absolute Gasteiger partial charge is 0.469 e. The van der Waals surface area contributed by atoms with E-state index in [2.05, 4.69) is 23.6 Å². The van der Waals surface area contributed by atoms with Crippen molar-refractivity contribution in [3.63, 3.8) is 0 Å². The second kappa shape index (κ2) is 19.9. The Kier molecular flexibility index (Phi) is 24.3. The Balaban J connectivity index is -0.000000174. The lowest BCUT2D eigenvalue weighted by Crippen LogP contribution is -1.88. The van der Waals surface area contributed by atoms with Crippen LogP contribution >= 0.6 is 0 Å². The smallest absolute Gasteiger partial charge is 0.302 e. The molecule has 0 saturated carbocycles. The first-order valence-corrected chi connectivity index (χ1v) is 5.79. The van der Waals surface area contributed by atoms with Crippen LogP contribution in [-0.4, -0.2) is 18.1 Å². The lowest BCUT2D eigenvalue weighted by Gasteiger charge is -1.82. The number of hydrogen-bond donors (Lipinski definition) is 1. The fraction of sp³-hybridized carbons (Fsp3) is 0.538. The van der Waals surface area contributed by atoms with E-state index in [9.17, 15) is 4.79 Å². The minimum Gasteiger partial charge on any atom is -0.469 e. The SMILES string of the molecule is CC.CCC.COC(C)=O.Nc1ccccn1. The molecule has 0 aliphatic carbocycles. The Hall–Kier alpha value is -1.58. The standard InChI is InChI=1S/C5H6N2.C3H6O2.C3H8.C2H6/c6-5-3-1-2-4-7-5;1-3(4)5-2;1-3-2;1-2/h1-4H,(H2,6,7);1-2H3;3H2,1-2H3;1-2H3. The molecule has 0 saturated heterocycles. The molecule has 4 heteroatoms. The van der Waals surface area contributed by atoms with E-state index in [4.69, 9.17) is 5.73 Å². The molecule has 1 rings (SSSR count). The van der Waals surface area contributed by atoms with E-state index < -0.39 is 0 Å². The van der Waals surface area contributed by atoms with Gasteiger partial charge < -0.3 is 10.5 Å². The number of nitrogen functional groups attached to an aromatic ring is 1. The van der Waals surface area contributed by atoms with Gasteiger partial charge in [0.2, 0.25) is 0 Å². The van der Waals surface area contributed by atoms with Gasteiger partial charge in [-0.25, -0.2) is 4.98 Å². The number of rotatable bonds is 0. The van der Waals surface area contributed by atoms with Gasteiger partial charge in [0.25, 0.3) is 0 Å². The van der Waals surface area contributed by atoms with Gasteiger partial charge in [-0.1, -0.05) is 40.2 Å². The number of ether oxygens (including phenoxy) is 1. The molecule has 2 N–H and O–H groups in total. The van der Waals surface area contributed by atoms with E-state index in [1.165, 1.54) is 20.5 Å². The summed E-state index contributed by atoms with van der Waals surface area (Å²) in [6.45, 7) is 9.61. The molecular weight excluding hydrogens is 216 g/mol. The summed E-state index contributed by atoms with van der Waals surface area (Å²) < 4.78 is 4.11. The van der Waals surface area contributed by atoms with Gasteiger partial charge in [-0.05, 0) is 12.1 Å². The summed E-state index contributed by atoms with van der Waals surface area (Å²) in [4.78, 5) is 13.3. The van der Waals surface area contributed by atoms with E-state index in [1.807, 2.05) is 26.0 Å². The van der Waals surface area contributed by atoms with Gasteiger partial charge in [0.15, 0.2) is 0 Å². The molecule has 0 aromatic carbocycles. The first-order chi connectivity index (χ1) is 8.08. The van der Waals surface area contributed by atoms with Crippen LogP contribution in [-0.2, 0) is 9.53 Å². The molecule has 0 spiro atoms. The number of carbonyl (C=O) groups excluding carboxylic acids is 1. The number of aromatic nitrogens is 1. The van der Waals surface area contributed by atoms with Crippen LogP contribution in [0.1, 0.15) is 41.0 Å². The van der Waals surface area contributed by atoms with Gasteiger partial charge >= 0.3 is 5.97 Å².